The monoisotopic (exact) mass is 355 g/mol. The average molecular weight is 355 g/mol. The molecule has 26 heavy (non-hydrogen) atoms. The lowest BCUT2D eigenvalue weighted by Gasteiger charge is -2.19. The Morgan fingerprint density at radius 2 is 1.96 bits per heavy atom. The van der Waals surface area contributed by atoms with Crippen molar-refractivity contribution in [1.29, 1.82) is 0 Å². The molecule has 1 aliphatic rings. The highest BCUT2D eigenvalue weighted by Gasteiger charge is 2.16. The molecular weight excluding hydrogens is 333 g/mol. The van der Waals surface area contributed by atoms with Crippen LogP contribution < -0.4 is 10.1 Å². The van der Waals surface area contributed by atoms with Crippen molar-refractivity contribution in [3.63, 3.8) is 0 Å². The number of benzene rings is 2. The summed E-state index contributed by atoms with van der Waals surface area (Å²) in [4.78, 5) is 12.4. The molecule has 1 amide bonds. The summed E-state index contributed by atoms with van der Waals surface area (Å²) < 4.78 is 24.4. The van der Waals surface area contributed by atoms with Gasteiger partial charge in [-0.3, -0.25) is 4.79 Å². The molecule has 0 aliphatic carbocycles. The van der Waals surface area contributed by atoms with Crippen LogP contribution in [0.2, 0.25) is 0 Å². The quantitative estimate of drug-likeness (QED) is 0.805. The number of hydrogen-bond acceptors (Lipinski definition) is 3. The van der Waals surface area contributed by atoms with Crippen LogP contribution in [0, 0.1) is 5.82 Å². The molecule has 0 bridgehead atoms. The molecule has 1 N–H and O–H groups in total. The molecule has 2 aromatic rings. The van der Waals surface area contributed by atoms with Crippen molar-refractivity contribution in [1.82, 2.24) is 0 Å². The number of ether oxygens (including phenoxy) is 2. The van der Waals surface area contributed by atoms with Crippen molar-refractivity contribution in [2.45, 2.75) is 33.3 Å². The number of amides is 1. The van der Waals surface area contributed by atoms with Gasteiger partial charge in [-0.15, -0.1) is 0 Å². The zero-order valence-electron chi connectivity index (χ0n) is 15.0. The normalized spacial score (nSPS) is 13.3. The molecule has 0 fully saturated rings. The Balaban J connectivity index is 1.82. The van der Waals surface area contributed by atoms with Crippen molar-refractivity contribution >= 4 is 17.7 Å². The topological polar surface area (TPSA) is 47.6 Å². The van der Waals surface area contributed by atoms with Gasteiger partial charge in [-0.25, -0.2) is 4.39 Å². The average Bonchev–Trinajstić information content (AvgIpc) is 2.66. The maximum atomic E-state index is 13.8. The van der Waals surface area contributed by atoms with Crippen molar-refractivity contribution in [3.05, 3.63) is 64.5 Å². The predicted octanol–water partition coefficient (Wildman–Crippen LogP) is 4.47. The van der Waals surface area contributed by atoms with Gasteiger partial charge < -0.3 is 14.8 Å². The van der Waals surface area contributed by atoms with Crippen LogP contribution in [0.25, 0.3) is 6.08 Å². The van der Waals surface area contributed by atoms with Crippen molar-refractivity contribution in [2.75, 3.05) is 12.1 Å². The third-order valence-corrected chi connectivity index (χ3v) is 4.36. The smallest absolute Gasteiger partial charge is 0.248 e. The van der Waals surface area contributed by atoms with Crippen molar-refractivity contribution in [3.8, 4) is 5.75 Å². The second-order valence-corrected chi connectivity index (χ2v) is 6.07. The second-order valence-electron chi connectivity index (χ2n) is 6.07. The van der Waals surface area contributed by atoms with E-state index in [2.05, 4.69) is 19.2 Å². The van der Waals surface area contributed by atoms with Crippen LogP contribution in [0.5, 0.6) is 5.75 Å². The summed E-state index contributed by atoms with van der Waals surface area (Å²) in [6.07, 6.45) is 4.64. The fraction of sp³-hybridized carbons (Fsp3) is 0.286. The van der Waals surface area contributed by atoms with E-state index in [4.69, 9.17) is 9.47 Å². The first-order valence-corrected chi connectivity index (χ1v) is 8.75. The molecule has 1 aliphatic heterocycles. The molecule has 2 aromatic carbocycles. The zero-order chi connectivity index (χ0) is 18.5. The van der Waals surface area contributed by atoms with Gasteiger partial charge in [-0.2, -0.15) is 0 Å². The number of aryl methyl sites for hydroxylation is 2. The summed E-state index contributed by atoms with van der Waals surface area (Å²) in [7, 11) is 0. The fourth-order valence-corrected chi connectivity index (χ4v) is 3.07. The Labute approximate surface area is 152 Å². The van der Waals surface area contributed by atoms with Crippen LogP contribution in [0.15, 0.2) is 36.4 Å². The first-order valence-electron chi connectivity index (χ1n) is 8.75. The van der Waals surface area contributed by atoms with Crippen LogP contribution in [0.1, 0.15) is 36.1 Å². The molecule has 0 spiro atoms. The van der Waals surface area contributed by atoms with Gasteiger partial charge in [0.1, 0.15) is 11.6 Å². The molecular formula is C21H22FNO3. The van der Waals surface area contributed by atoms with Crippen LogP contribution >= 0.6 is 0 Å². The Bertz CT molecular complexity index is 823. The number of fused-ring (bicyclic) bond motifs is 1. The minimum absolute atomic E-state index is 0.120. The largest absolute Gasteiger partial charge is 0.467 e. The highest BCUT2D eigenvalue weighted by atomic mass is 19.1. The molecule has 4 nitrogen and oxygen atoms in total. The Kier molecular flexibility index (Phi) is 5.68. The first-order chi connectivity index (χ1) is 12.6. The van der Waals surface area contributed by atoms with Gasteiger partial charge in [0.05, 0.1) is 6.61 Å². The zero-order valence-corrected chi connectivity index (χ0v) is 15.0. The van der Waals surface area contributed by atoms with Gasteiger partial charge in [-0.05, 0) is 42.2 Å². The van der Waals surface area contributed by atoms with Gasteiger partial charge in [0.25, 0.3) is 0 Å². The van der Waals surface area contributed by atoms with E-state index in [-0.39, 0.29) is 18.5 Å². The standard InChI is InChI=1S/C21H22FNO3/c1-3-14-6-5-7-15(4-2)20(14)23-19(24)9-8-16-10-18(22)11-17-12-25-13-26-21(16)17/h5-11H,3-4,12-13H2,1-2H3,(H,23,24). The number of carbonyl (C=O) groups excluding carboxylic acids is 1. The van der Waals surface area contributed by atoms with Gasteiger partial charge in [-0.1, -0.05) is 32.0 Å². The first kappa shape index (κ1) is 18.1. The van der Waals surface area contributed by atoms with E-state index in [9.17, 15) is 9.18 Å². The van der Waals surface area contributed by atoms with E-state index in [0.717, 1.165) is 29.7 Å². The molecule has 1 heterocycles. The van der Waals surface area contributed by atoms with E-state index >= 15 is 0 Å². The molecule has 0 radical (unpaired) electrons. The highest BCUT2D eigenvalue weighted by Crippen LogP contribution is 2.30. The molecule has 5 heteroatoms. The van der Waals surface area contributed by atoms with Gasteiger partial charge in [0.2, 0.25) is 5.91 Å². The number of nitrogens with one attached hydrogen (secondary N) is 1. The van der Waals surface area contributed by atoms with E-state index < -0.39 is 0 Å². The molecule has 0 aromatic heterocycles. The van der Waals surface area contributed by atoms with E-state index in [1.165, 1.54) is 18.2 Å². The maximum absolute atomic E-state index is 13.8. The SMILES string of the molecule is CCc1cccc(CC)c1NC(=O)C=Cc1cc(F)cc2c1OCOC2. The third kappa shape index (κ3) is 3.94. The molecule has 0 atom stereocenters. The summed E-state index contributed by atoms with van der Waals surface area (Å²) in [6.45, 7) is 4.52. The minimum atomic E-state index is -0.387. The molecule has 3 rings (SSSR count). The van der Waals surface area contributed by atoms with E-state index in [1.54, 1.807) is 6.08 Å². The summed E-state index contributed by atoms with van der Waals surface area (Å²) >= 11 is 0. The third-order valence-electron chi connectivity index (χ3n) is 4.36. The summed E-state index contributed by atoms with van der Waals surface area (Å²) in [5.41, 5.74) is 4.21. The Morgan fingerprint density at radius 3 is 2.65 bits per heavy atom. The Hall–Kier alpha value is -2.66. The lowest BCUT2D eigenvalue weighted by molar-refractivity contribution is -0.111. The van der Waals surface area contributed by atoms with Gasteiger partial charge >= 0.3 is 0 Å². The van der Waals surface area contributed by atoms with Crippen molar-refractivity contribution < 1.29 is 18.7 Å². The number of para-hydroxylation sites is 1. The summed E-state index contributed by atoms with van der Waals surface area (Å²) in [5.74, 6) is -0.0851. The lowest BCUT2D eigenvalue weighted by atomic mass is 10.0. The van der Waals surface area contributed by atoms with Crippen LogP contribution in [-0.2, 0) is 29.0 Å². The summed E-state index contributed by atoms with van der Waals surface area (Å²) in [6, 6.07) is 8.76. The van der Waals surface area contributed by atoms with E-state index in [0.29, 0.717) is 23.5 Å². The molecule has 0 unspecified atom stereocenters. The molecule has 0 saturated heterocycles. The van der Waals surface area contributed by atoms with Crippen LogP contribution in [-0.4, -0.2) is 12.7 Å². The number of halogens is 1. The second kappa shape index (κ2) is 8.15. The molecule has 0 saturated carbocycles. The van der Waals surface area contributed by atoms with E-state index in [1.807, 2.05) is 18.2 Å². The number of anilines is 1. The number of rotatable bonds is 5. The van der Waals surface area contributed by atoms with Crippen LogP contribution in [0.3, 0.4) is 0 Å². The highest BCUT2D eigenvalue weighted by molar-refractivity contribution is 6.03. The maximum Gasteiger partial charge on any atom is 0.248 e. The number of hydrogen-bond donors (Lipinski definition) is 1. The fourth-order valence-electron chi connectivity index (χ4n) is 3.07. The Morgan fingerprint density at radius 1 is 1.23 bits per heavy atom. The van der Waals surface area contributed by atoms with Crippen molar-refractivity contribution in [2.24, 2.45) is 0 Å². The molecule has 136 valence electrons. The lowest BCUT2D eigenvalue weighted by Crippen LogP contribution is -2.13. The summed E-state index contributed by atoms with van der Waals surface area (Å²) in [5, 5.41) is 2.96. The minimum Gasteiger partial charge on any atom is -0.467 e. The van der Waals surface area contributed by atoms with Gasteiger partial charge in [0, 0.05) is 22.9 Å². The number of carbonyl (C=O) groups is 1. The van der Waals surface area contributed by atoms with Gasteiger partial charge in [0.15, 0.2) is 6.79 Å². The predicted molar refractivity (Wildman–Crippen MR) is 99.5 cm³/mol. The van der Waals surface area contributed by atoms with Crippen LogP contribution in [0.4, 0.5) is 10.1 Å².